The summed E-state index contributed by atoms with van der Waals surface area (Å²) in [6, 6.07) is 1.74. The zero-order chi connectivity index (χ0) is 18.2. The van der Waals surface area contributed by atoms with Crippen LogP contribution in [0.3, 0.4) is 0 Å². The highest BCUT2D eigenvalue weighted by Crippen LogP contribution is 2.29. The zero-order valence-corrected chi connectivity index (χ0v) is 14.6. The molecule has 0 radical (unpaired) electrons. The molecule has 1 amide bonds. The van der Waals surface area contributed by atoms with E-state index in [1.807, 2.05) is 25.3 Å². The highest BCUT2D eigenvalue weighted by molar-refractivity contribution is 6.14. The number of rotatable bonds is 5. The number of anilines is 2. The molecule has 9 nitrogen and oxygen atoms in total. The van der Waals surface area contributed by atoms with Crippen LogP contribution in [0.1, 0.15) is 29.9 Å². The molecule has 0 saturated heterocycles. The second-order valence-electron chi connectivity index (χ2n) is 6.51. The van der Waals surface area contributed by atoms with Crippen molar-refractivity contribution in [2.75, 3.05) is 24.8 Å². The lowest BCUT2D eigenvalue weighted by Crippen LogP contribution is -2.31. The number of nitrogens with one attached hydrogen (secondary N) is 2. The molecule has 3 heterocycles. The topological polar surface area (TPSA) is 124 Å². The Morgan fingerprint density at radius 3 is 2.84 bits per heavy atom. The summed E-state index contributed by atoms with van der Waals surface area (Å²) in [4.78, 5) is 21.1. The largest absolute Gasteiger partial charge is 0.383 e. The van der Waals surface area contributed by atoms with Gasteiger partial charge in [0.25, 0.3) is 5.91 Å². The fourth-order valence-electron chi connectivity index (χ4n) is 2.81. The molecule has 25 heavy (non-hydrogen) atoms. The average molecular weight is 343 g/mol. The van der Waals surface area contributed by atoms with Crippen molar-refractivity contribution in [3.8, 4) is 0 Å². The van der Waals surface area contributed by atoms with Gasteiger partial charge in [0.2, 0.25) is 0 Å². The molecule has 3 aromatic heterocycles. The van der Waals surface area contributed by atoms with E-state index >= 15 is 0 Å². The first-order valence-electron chi connectivity index (χ1n) is 7.78. The molecule has 0 unspecified atom stereocenters. The Hall–Kier alpha value is -2.94. The number of nitrogen functional groups attached to an aromatic ring is 1. The van der Waals surface area contributed by atoms with E-state index in [9.17, 15) is 4.79 Å². The van der Waals surface area contributed by atoms with Crippen LogP contribution in [-0.4, -0.2) is 44.4 Å². The SMILES string of the molecule is COCC(C)(C)n1cc(C(=O)Nc2cc(C)[nH]n2)c2c(N)ncnc21. The number of nitrogens with zero attached hydrogens (tertiary/aromatic N) is 4. The number of amides is 1. The van der Waals surface area contributed by atoms with E-state index in [-0.39, 0.29) is 11.7 Å². The van der Waals surface area contributed by atoms with Crippen molar-refractivity contribution in [1.82, 2.24) is 24.7 Å². The minimum Gasteiger partial charge on any atom is -0.383 e. The first kappa shape index (κ1) is 16.9. The number of carbonyl (C=O) groups is 1. The average Bonchev–Trinajstić information content (AvgIpc) is 3.12. The van der Waals surface area contributed by atoms with E-state index in [0.29, 0.717) is 29.0 Å². The van der Waals surface area contributed by atoms with Crippen molar-refractivity contribution in [3.63, 3.8) is 0 Å². The summed E-state index contributed by atoms with van der Waals surface area (Å²) < 4.78 is 7.18. The maximum atomic E-state index is 12.8. The number of hydrogen-bond donors (Lipinski definition) is 3. The van der Waals surface area contributed by atoms with Crippen molar-refractivity contribution in [2.45, 2.75) is 26.3 Å². The first-order valence-corrected chi connectivity index (χ1v) is 7.78. The van der Waals surface area contributed by atoms with Crippen LogP contribution in [-0.2, 0) is 10.3 Å². The lowest BCUT2D eigenvalue weighted by molar-refractivity contribution is 0.102. The van der Waals surface area contributed by atoms with Gasteiger partial charge >= 0.3 is 0 Å². The molecule has 0 aliphatic heterocycles. The highest BCUT2D eigenvalue weighted by Gasteiger charge is 2.27. The summed E-state index contributed by atoms with van der Waals surface area (Å²) >= 11 is 0. The molecule has 0 spiro atoms. The predicted molar refractivity (Wildman–Crippen MR) is 94.4 cm³/mol. The van der Waals surface area contributed by atoms with Gasteiger partial charge in [0.05, 0.1) is 23.1 Å². The van der Waals surface area contributed by atoms with Crippen molar-refractivity contribution in [2.24, 2.45) is 0 Å². The molecule has 3 rings (SSSR count). The van der Waals surface area contributed by atoms with E-state index in [4.69, 9.17) is 10.5 Å². The van der Waals surface area contributed by atoms with Crippen LogP contribution in [0.15, 0.2) is 18.6 Å². The third-order valence-corrected chi connectivity index (χ3v) is 3.95. The Labute approximate surface area is 144 Å². The number of H-pyrrole nitrogens is 1. The lowest BCUT2D eigenvalue weighted by Gasteiger charge is -2.26. The number of aromatic amines is 1. The number of hydrogen-bond acceptors (Lipinski definition) is 6. The third kappa shape index (κ3) is 3.05. The monoisotopic (exact) mass is 343 g/mol. The molecule has 0 fully saturated rings. The van der Waals surface area contributed by atoms with E-state index in [1.165, 1.54) is 6.33 Å². The van der Waals surface area contributed by atoms with Gasteiger partial charge in [-0.05, 0) is 20.8 Å². The minimum absolute atomic E-state index is 0.250. The molecule has 132 valence electrons. The number of fused-ring (bicyclic) bond motifs is 1. The second kappa shape index (κ2) is 6.17. The first-order chi connectivity index (χ1) is 11.8. The van der Waals surface area contributed by atoms with Gasteiger partial charge in [-0.1, -0.05) is 0 Å². The number of nitrogens with two attached hydrogens (primary N) is 1. The molecule has 0 saturated carbocycles. The standard InChI is InChI=1S/C16H21N7O2/c1-9-5-11(22-21-9)20-15(24)10-6-23(16(2,3)7-25-4)14-12(10)13(17)18-8-19-14/h5-6,8H,7H2,1-4H3,(H2,17,18,19)(H2,20,21,22,24). The van der Waals surface area contributed by atoms with Crippen LogP contribution in [0.2, 0.25) is 0 Å². The van der Waals surface area contributed by atoms with Crippen LogP contribution < -0.4 is 11.1 Å². The van der Waals surface area contributed by atoms with Crippen LogP contribution in [0.5, 0.6) is 0 Å². The normalized spacial score (nSPS) is 11.8. The molecule has 0 aromatic carbocycles. The molecular weight excluding hydrogens is 322 g/mol. The molecule has 4 N–H and O–H groups in total. The fourth-order valence-corrected chi connectivity index (χ4v) is 2.81. The van der Waals surface area contributed by atoms with Gasteiger partial charge in [0.15, 0.2) is 5.82 Å². The van der Waals surface area contributed by atoms with Gasteiger partial charge in [-0.25, -0.2) is 9.97 Å². The minimum atomic E-state index is -0.421. The van der Waals surface area contributed by atoms with Gasteiger partial charge in [-0.2, -0.15) is 5.10 Å². The summed E-state index contributed by atoms with van der Waals surface area (Å²) in [7, 11) is 1.63. The Morgan fingerprint density at radius 1 is 1.44 bits per heavy atom. The summed E-state index contributed by atoms with van der Waals surface area (Å²) in [5.41, 5.74) is 7.42. The van der Waals surface area contributed by atoms with E-state index in [0.717, 1.165) is 5.69 Å². The molecule has 0 atom stereocenters. The molecule has 9 heteroatoms. The number of aryl methyl sites for hydroxylation is 1. The fraction of sp³-hybridized carbons (Fsp3) is 0.375. The number of methoxy groups -OCH3 is 1. The maximum absolute atomic E-state index is 12.8. The number of carbonyl (C=O) groups excluding carboxylic acids is 1. The molecule has 0 aliphatic rings. The Kier molecular flexibility index (Phi) is 4.17. The Bertz CT molecular complexity index is 926. The molecule has 0 bridgehead atoms. The van der Waals surface area contributed by atoms with Gasteiger partial charge in [0.1, 0.15) is 17.8 Å². The van der Waals surface area contributed by atoms with Crippen molar-refractivity contribution < 1.29 is 9.53 Å². The van der Waals surface area contributed by atoms with Crippen molar-refractivity contribution >= 4 is 28.6 Å². The Morgan fingerprint density at radius 2 is 2.20 bits per heavy atom. The van der Waals surface area contributed by atoms with Gasteiger partial charge in [0, 0.05) is 25.1 Å². The predicted octanol–water partition coefficient (Wildman–Crippen LogP) is 1.68. The van der Waals surface area contributed by atoms with Gasteiger partial charge < -0.3 is 20.4 Å². The summed E-state index contributed by atoms with van der Waals surface area (Å²) in [6.45, 7) is 6.29. The molecule has 0 aliphatic carbocycles. The highest BCUT2D eigenvalue weighted by atomic mass is 16.5. The van der Waals surface area contributed by atoms with Gasteiger partial charge in [-0.15, -0.1) is 0 Å². The Balaban J connectivity index is 2.10. The van der Waals surface area contributed by atoms with Gasteiger partial charge in [-0.3, -0.25) is 9.89 Å². The summed E-state index contributed by atoms with van der Waals surface area (Å²) in [5.74, 6) is 0.361. The number of aromatic nitrogens is 5. The zero-order valence-electron chi connectivity index (χ0n) is 14.6. The van der Waals surface area contributed by atoms with Crippen molar-refractivity contribution in [3.05, 3.63) is 29.8 Å². The van der Waals surface area contributed by atoms with E-state index in [1.54, 1.807) is 19.4 Å². The van der Waals surface area contributed by atoms with Crippen molar-refractivity contribution in [1.29, 1.82) is 0 Å². The summed E-state index contributed by atoms with van der Waals surface area (Å²) in [6.07, 6.45) is 3.11. The lowest BCUT2D eigenvalue weighted by atomic mass is 10.1. The third-order valence-electron chi connectivity index (χ3n) is 3.95. The maximum Gasteiger partial charge on any atom is 0.259 e. The quantitative estimate of drug-likeness (QED) is 0.647. The second-order valence-corrected chi connectivity index (χ2v) is 6.51. The summed E-state index contributed by atoms with van der Waals surface area (Å²) in [5, 5.41) is 10.1. The molecular formula is C16H21N7O2. The van der Waals surface area contributed by atoms with Crippen LogP contribution in [0, 0.1) is 6.92 Å². The number of ether oxygens (including phenoxy) is 1. The van der Waals surface area contributed by atoms with Crippen LogP contribution in [0.4, 0.5) is 11.6 Å². The van der Waals surface area contributed by atoms with E-state index in [2.05, 4.69) is 25.5 Å². The van der Waals surface area contributed by atoms with E-state index < -0.39 is 5.54 Å². The molecule has 3 aromatic rings. The smallest absolute Gasteiger partial charge is 0.259 e. The van der Waals surface area contributed by atoms with Crippen LogP contribution in [0.25, 0.3) is 11.0 Å². The van der Waals surface area contributed by atoms with Crippen LogP contribution >= 0.6 is 0 Å².